The first-order valence-electron chi connectivity index (χ1n) is 11.9. The Morgan fingerprint density at radius 1 is 1.24 bits per heavy atom. The number of nitrogens with one attached hydrogen (secondary N) is 2. The molecule has 13 heteroatoms. The minimum atomic E-state index is -4.19. The zero-order valence-corrected chi connectivity index (χ0v) is 22.8. The number of fused-ring (bicyclic) bond motifs is 1. The fraction of sp³-hybridized carbons (Fsp3) is 0.417. The molecule has 37 heavy (non-hydrogen) atoms. The summed E-state index contributed by atoms with van der Waals surface area (Å²) in [7, 11) is -4.19. The zero-order valence-electron chi connectivity index (χ0n) is 20.4. The Hall–Kier alpha value is -2.87. The lowest BCUT2D eigenvalue weighted by molar-refractivity contribution is -0.646. The van der Waals surface area contributed by atoms with E-state index in [1.807, 2.05) is 25.3 Å². The first-order valence-corrected chi connectivity index (χ1v) is 15.0. The normalized spacial score (nSPS) is 18.0. The molecule has 198 valence electrons. The van der Waals surface area contributed by atoms with Crippen LogP contribution in [0, 0.1) is 11.1 Å². The van der Waals surface area contributed by atoms with Gasteiger partial charge in [0.2, 0.25) is 5.91 Å². The van der Waals surface area contributed by atoms with Gasteiger partial charge in [-0.15, -0.1) is 22.7 Å². The van der Waals surface area contributed by atoms with E-state index in [-0.39, 0.29) is 29.5 Å². The van der Waals surface area contributed by atoms with Crippen LogP contribution in [0.25, 0.3) is 9.40 Å². The van der Waals surface area contributed by atoms with Crippen LogP contribution in [0.4, 0.5) is 0 Å². The van der Waals surface area contributed by atoms with Gasteiger partial charge in [0.05, 0.1) is 17.5 Å². The number of aromatic nitrogens is 1. The molecule has 0 bridgehead atoms. The minimum Gasteiger partial charge on any atom is -0.618 e. The Labute approximate surface area is 222 Å². The van der Waals surface area contributed by atoms with Gasteiger partial charge in [-0.25, -0.2) is 8.42 Å². The summed E-state index contributed by atoms with van der Waals surface area (Å²) in [5.74, 6) is -1.23. The smallest absolute Gasteiger partial charge is 0.323 e. The van der Waals surface area contributed by atoms with Gasteiger partial charge < -0.3 is 15.8 Å². The van der Waals surface area contributed by atoms with Crippen LogP contribution in [0.2, 0.25) is 0 Å². The summed E-state index contributed by atoms with van der Waals surface area (Å²) < 4.78 is 29.2. The fourth-order valence-corrected chi connectivity index (χ4v) is 7.66. The highest BCUT2D eigenvalue weighted by Crippen LogP contribution is 2.30. The molecule has 1 saturated heterocycles. The van der Waals surface area contributed by atoms with E-state index in [1.165, 1.54) is 40.9 Å². The van der Waals surface area contributed by atoms with Gasteiger partial charge in [0.15, 0.2) is 12.0 Å². The monoisotopic (exact) mass is 564 g/mol. The van der Waals surface area contributed by atoms with Gasteiger partial charge in [-0.2, -0.15) is 9.04 Å². The summed E-state index contributed by atoms with van der Waals surface area (Å²) in [6, 6.07) is 6.02. The molecule has 10 nitrogen and oxygen atoms in total. The molecule has 2 atom stereocenters. The van der Waals surface area contributed by atoms with E-state index in [1.54, 1.807) is 6.07 Å². The highest BCUT2D eigenvalue weighted by Gasteiger charge is 2.37. The predicted octanol–water partition coefficient (Wildman–Crippen LogP) is 2.28. The van der Waals surface area contributed by atoms with Gasteiger partial charge in [-0.05, 0) is 48.8 Å². The second-order valence-electron chi connectivity index (χ2n) is 9.29. The van der Waals surface area contributed by atoms with Crippen LogP contribution in [0.5, 0.6) is 0 Å². The SMILES string of the molecule is CC(C)C[C@@H](NC(=O)c1cc2sccc2s1)C(=O)N[C@@H]1CCCN(S(=O)(=O)c2cccc[n+]2[O-])CC1=O. The van der Waals surface area contributed by atoms with Crippen molar-refractivity contribution in [3.05, 3.63) is 52.0 Å². The summed E-state index contributed by atoms with van der Waals surface area (Å²) in [5, 5.41) is 19.0. The van der Waals surface area contributed by atoms with Crippen molar-refractivity contribution in [1.29, 1.82) is 0 Å². The van der Waals surface area contributed by atoms with Crippen molar-refractivity contribution in [1.82, 2.24) is 14.9 Å². The van der Waals surface area contributed by atoms with Crippen LogP contribution in [-0.4, -0.2) is 55.5 Å². The lowest BCUT2D eigenvalue weighted by atomic mass is 10.0. The number of sulfonamides is 1. The van der Waals surface area contributed by atoms with Crippen molar-refractivity contribution in [3.63, 3.8) is 0 Å². The summed E-state index contributed by atoms with van der Waals surface area (Å²) >= 11 is 2.89. The van der Waals surface area contributed by atoms with E-state index in [0.29, 0.717) is 17.7 Å². The average molecular weight is 565 g/mol. The quantitative estimate of drug-likeness (QED) is 0.318. The second-order valence-corrected chi connectivity index (χ2v) is 13.2. The van der Waals surface area contributed by atoms with Crippen LogP contribution in [0.1, 0.15) is 42.8 Å². The van der Waals surface area contributed by atoms with Gasteiger partial charge in [0.25, 0.3) is 5.91 Å². The molecular weight excluding hydrogens is 536 g/mol. The maximum absolute atomic E-state index is 13.2. The van der Waals surface area contributed by atoms with Crippen molar-refractivity contribution in [2.24, 2.45) is 5.92 Å². The summed E-state index contributed by atoms with van der Waals surface area (Å²) in [6.07, 6.45) is 2.01. The molecule has 0 unspecified atom stereocenters. The zero-order chi connectivity index (χ0) is 26.7. The van der Waals surface area contributed by atoms with Gasteiger partial charge in [0, 0.05) is 28.1 Å². The largest absolute Gasteiger partial charge is 0.618 e. The Morgan fingerprint density at radius 3 is 2.73 bits per heavy atom. The third kappa shape index (κ3) is 6.17. The highest BCUT2D eigenvalue weighted by molar-refractivity contribution is 7.89. The number of carbonyl (C=O) groups excluding carboxylic acids is 3. The van der Waals surface area contributed by atoms with Gasteiger partial charge in [-0.3, -0.25) is 14.4 Å². The number of rotatable bonds is 8. The Balaban J connectivity index is 1.44. The number of pyridine rings is 1. The molecule has 1 aliphatic rings. The van der Waals surface area contributed by atoms with Crippen molar-refractivity contribution >= 4 is 59.7 Å². The van der Waals surface area contributed by atoms with Crippen LogP contribution in [-0.2, 0) is 19.6 Å². The molecular formula is C24H28N4O6S3. The minimum absolute atomic E-state index is 0.0387. The molecule has 4 rings (SSSR count). The van der Waals surface area contributed by atoms with Crippen LogP contribution >= 0.6 is 22.7 Å². The van der Waals surface area contributed by atoms with Crippen molar-refractivity contribution in [2.75, 3.05) is 13.1 Å². The molecule has 2 N–H and O–H groups in total. The Kier molecular flexibility index (Phi) is 8.26. The highest BCUT2D eigenvalue weighted by atomic mass is 32.2. The number of hydrogen-bond acceptors (Lipinski definition) is 8. The van der Waals surface area contributed by atoms with E-state index < -0.39 is 45.4 Å². The number of Topliss-reactive ketones (excluding diaryl/α,β-unsaturated/α-hetero) is 1. The number of amides is 2. The molecule has 2 amide bonds. The van der Waals surface area contributed by atoms with E-state index in [2.05, 4.69) is 10.6 Å². The maximum atomic E-state index is 13.2. The lowest BCUT2D eigenvalue weighted by Crippen LogP contribution is -2.52. The van der Waals surface area contributed by atoms with Crippen LogP contribution in [0.3, 0.4) is 0 Å². The molecule has 1 aliphatic heterocycles. The van der Waals surface area contributed by atoms with Crippen molar-refractivity contribution < 1.29 is 27.5 Å². The molecule has 0 radical (unpaired) electrons. The molecule has 4 heterocycles. The van der Waals surface area contributed by atoms with E-state index in [4.69, 9.17) is 0 Å². The third-order valence-corrected chi connectivity index (χ3v) is 9.95. The summed E-state index contributed by atoms with van der Waals surface area (Å²) in [5.41, 5.74) is 0. The standard InChI is InChI=1S/C24H28N4O6S3/c1-15(2)12-17(26-24(31)21-13-20-19(36-21)8-11-35-20)23(30)25-16-6-5-9-27(14-18(16)29)37(33,34)22-7-3-4-10-28(22)32/h3-4,7-8,10-11,13,15-17H,5-6,9,12,14H2,1-2H3,(H,25,30)(H,26,31)/t16-,17-/m1/s1. The van der Waals surface area contributed by atoms with Crippen molar-refractivity contribution in [3.8, 4) is 0 Å². The molecule has 1 fully saturated rings. The number of carbonyl (C=O) groups is 3. The molecule has 0 aliphatic carbocycles. The number of thiophene rings is 2. The Morgan fingerprint density at radius 2 is 2.03 bits per heavy atom. The van der Waals surface area contributed by atoms with Crippen molar-refractivity contribution in [2.45, 2.75) is 50.2 Å². The predicted molar refractivity (Wildman–Crippen MR) is 141 cm³/mol. The average Bonchev–Trinajstić information content (AvgIpc) is 3.39. The molecule has 3 aromatic heterocycles. The fourth-order valence-electron chi connectivity index (χ4n) is 4.18. The molecule has 0 aromatic carbocycles. The second kappa shape index (κ2) is 11.3. The Bertz CT molecular complexity index is 1390. The topological polar surface area (TPSA) is 140 Å². The molecule has 0 spiro atoms. The van der Waals surface area contributed by atoms with Crippen LogP contribution in [0.15, 0.2) is 46.9 Å². The first kappa shape index (κ1) is 27.2. The van der Waals surface area contributed by atoms with Gasteiger partial charge in [-0.1, -0.05) is 13.8 Å². The van der Waals surface area contributed by atoms with E-state index in [9.17, 15) is 28.0 Å². The number of ketones is 1. The number of hydrogen-bond donors (Lipinski definition) is 2. The summed E-state index contributed by atoms with van der Waals surface area (Å²) in [6.45, 7) is 3.43. The maximum Gasteiger partial charge on any atom is 0.323 e. The van der Waals surface area contributed by atoms with Gasteiger partial charge in [0.1, 0.15) is 6.04 Å². The first-order chi connectivity index (χ1) is 17.6. The summed E-state index contributed by atoms with van der Waals surface area (Å²) in [4.78, 5) is 39.6. The van der Waals surface area contributed by atoms with Crippen LogP contribution < -0.4 is 15.4 Å². The third-order valence-electron chi connectivity index (χ3n) is 6.02. The lowest BCUT2D eigenvalue weighted by Gasteiger charge is -2.23. The number of nitrogens with zero attached hydrogens (tertiary/aromatic N) is 2. The molecule has 0 saturated carbocycles. The molecule has 3 aromatic rings. The van der Waals surface area contributed by atoms with E-state index in [0.717, 1.165) is 19.9 Å². The van der Waals surface area contributed by atoms with Gasteiger partial charge >= 0.3 is 15.0 Å². The van der Waals surface area contributed by atoms with E-state index >= 15 is 0 Å².